The van der Waals surface area contributed by atoms with Gasteiger partial charge in [-0.2, -0.15) is 0 Å². The molecule has 0 amide bonds. The zero-order valence-electron chi connectivity index (χ0n) is 4.55. The maximum Gasteiger partial charge on any atom is 0.0628 e. The van der Waals surface area contributed by atoms with Crippen molar-refractivity contribution in [2.45, 2.75) is 18.9 Å². The first kappa shape index (κ1) is 3.90. The Morgan fingerprint density at radius 1 is 1.29 bits per heavy atom. The van der Waals surface area contributed by atoms with Gasteiger partial charge in [0.05, 0.1) is 6.10 Å². The average molecular weight is 98.1 g/mol. The summed E-state index contributed by atoms with van der Waals surface area (Å²) in [6, 6.07) is 0. The molecule has 3 rings (SSSR count). The summed E-state index contributed by atoms with van der Waals surface area (Å²) in [7, 11) is 1.82. The summed E-state index contributed by atoms with van der Waals surface area (Å²) >= 11 is 0. The molecule has 0 unspecified atom stereocenters. The Morgan fingerprint density at radius 2 is 1.86 bits per heavy atom. The third-order valence-corrected chi connectivity index (χ3v) is 2.41. The predicted molar refractivity (Wildman–Crippen MR) is 27.0 cm³/mol. The van der Waals surface area contributed by atoms with Crippen molar-refractivity contribution in [1.29, 1.82) is 0 Å². The largest absolute Gasteiger partial charge is 0.381 e. The minimum Gasteiger partial charge on any atom is -0.381 e. The van der Waals surface area contributed by atoms with Crippen LogP contribution in [0.5, 0.6) is 0 Å². The second-order valence-corrected chi connectivity index (χ2v) is 2.69. The maximum absolute atomic E-state index is 5.15. The van der Waals surface area contributed by atoms with E-state index in [0.29, 0.717) is 6.10 Å². The molecule has 0 aromatic heterocycles. The molecule has 0 heterocycles. The molecule has 0 radical (unpaired) electrons. The number of methoxy groups -OCH3 is 1. The van der Waals surface area contributed by atoms with Crippen LogP contribution in [0.25, 0.3) is 0 Å². The van der Waals surface area contributed by atoms with E-state index in [-0.39, 0.29) is 0 Å². The van der Waals surface area contributed by atoms with Gasteiger partial charge in [0.25, 0.3) is 0 Å². The first-order chi connectivity index (χ1) is 3.42. The molecule has 0 aromatic rings. The third kappa shape index (κ3) is 0.290. The molecular formula is C6H10O. The van der Waals surface area contributed by atoms with Crippen LogP contribution in [0.2, 0.25) is 0 Å². The lowest BCUT2D eigenvalue weighted by molar-refractivity contribution is -0.169. The first-order valence-electron chi connectivity index (χ1n) is 2.94. The Hall–Kier alpha value is -0.0400. The number of hydrogen-bond acceptors (Lipinski definition) is 1. The smallest absolute Gasteiger partial charge is 0.0628 e. The molecule has 1 heteroatoms. The zero-order chi connectivity index (χ0) is 4.85. The van der Waals surface area contributed by atoms with E-state index in [1.54, 1.807) is 0 Å². The molecule has 0 aliphatic heterocycles. The Morgan fingerprint density at radius 3 is 1.86 bits per heavy atom. The molecule has 3 saturated carbocycles. The van der Waals surface area contributed by atoms with Gasteiger partial charge >= 0.3 is 0 Å². The fraction of sp³-hybridized carbons (Fsp3) is 1.00. The normalized spacial score (nSPS) is 55.3. The molecule has 0 atom stereocenters. The molecule has 3 aliphatic rings. The lowest BCUT2D eigenvalue weighted by Crippen LogP contribution is -2.55. The van der Waals surface area contributed by atoms with Crippen molar-refractivity contribution in [3.63, 3.8) is 0 Å². The van der Waals surface area contributed by atoms with E-state index in [0.717, 1.165) is 11.8 Å². The van der Waals surface area contributed by atoms with Crippen LogP contribution >= 0.6 is 0 Å². The molecule has 1 nitrogen and oxygen atoms in total. The van der Waals surface area contributed by atoms with Gasteiger partial charge in [-0.25, -0.2) is 0 Å². The van der Waals surface area contributed by atoms with E-state index in [2.05, 4.69) is 0 Å². The van der Waals surface area contributed by atoms with E-state index in [4.69, 9.17) is 4.74 Å². The minimum atomic E-state index is 0.681. The van der Waals surface area contributed by atoms with Gasteiger partial charge in [-0.3, -0.25) is 0 Å². The zero-order valence-corrected chi connectivity index (χ0v) is 4.55. The van der Waals surface area contributed by atoms with Crippen LogP contribution in [0.4, 0.5) is 0 Å². The van der Waals surface area contributed by atoms with Crippen molar-refractivity contribution in [1.82, 2.24) is 0 Å². The second-order valence-electron chi connectivity index (χ2n) is 2.69. The highest BCUT2D eigenvalue weighted by Crippen LogP contribution is 2.54. The van der Waals surface area contributed by atoms with Crippen LogP contribution in [-0.4, -0.2) is 13.2 Å². The van der Waals surface area contributed by atoms with Crippen molar-refractivity contribution in [3.05, 3.63) is 0 Å². The van der Waals surface area contributed by atoms with Gasteiger partial charge in [0.15, 0.2) is 0 Å². The molecule has 3 fully saturated rings. The van der Waals surface area contributed by atoms with E-state index in [1.165, 1.54) is 12.8 Å². The van der Waals surface area contributed by atoms with E-state index in [1.807, 2.05) is 7.11 Å². The van der Waals surface area contributed by atoms with Crippen LogP contribution in [0.1, 0.15) is 12.8 Å². The first-order valence-corrected chi connectivity index (χ1v) is 2.94. The molecule has 3 aliphatic carbocycles. The van der Waals surface area contributed by atoms with Crippen molar-refractivity contribution < 1.29 is 4.74 Å². The fourth-order valence-corrected chi connectivity index (χ4v) is 1.62. The van der Waals surface area contributed by atoms with Crippen LogP contribution in [0.15, 0.2) is 0 Å². The summed E-state index contributed by atoms with van der Waals surface area (Å²) < 4.78 is 5.15. The van der Waals surface area contributed by atoms with Crippen LogP contribution in [0.3, 0.4) is 0 Å². The van der Waals surface area contributed by atoms with Gasteiger partial charge in [0, 0.05) is 7.11 Å². The van der Waals surface area contributed by atoms with Crippen LogP contribution in [-0.2, 0) is 4.74 Å². The number of ether oxygens (including phenoxy) is 1. The van der Waals surface area contributed by atoms with Gasteiger partial charge in [-0.1, -0.05) is 0 Å². The molecular weight excluding hydrogens is 88.1 g/mol. The van der Waals surface area contributed by atoms with Gasteiger partial charge in [-0.15, -0.1) is 0 Å². The molecule has 0 saturated heterocycles. The maximum atomic E-state index is 5.15. The lowest BCUT2D eigenvalue weighted by Gasteiger charge is -2.56. The SMILES string of the molecule is COC1C2CC1C2. The van der Waals surface area contributed by atoms with Crippen LogP contribution < -0.4 is 0 Å². The Bertz CT molecular complexity index is 76.2. The summed E-state index contributed by atoms with van der Waals surface area (Å²) in [6.07, 6.45) is 3.59. The topological polar surface area (TPSA) is 9.23 Å². The molecule has 0 N–H and O–H groups in total. The quantitative estimate of drug-likeness (QED) is 0.476. The average Bonchev–Trinajstić information content (AvgIpc) is 1.24. The van der Waals surface area contributed by atoms with Crippen molar-refractivity contribution in [3.8, 4) is 0 Å². The third-order valence-electron chi connectivity index (χ3n) is 2.41. The number of rotatable bonds is 1. The van der Waals surface area contributed by atoms with E-state index in [9.17, 15) is 0 Å². The molecule has 0 spiro atoms. The minimum absolute atomic E-state index is 0.681. The number of hydrogen-bond donors (Lipinski definition) is 0. The highest BCUT2D eigenvalue weighted by Gasteiger charge is 2.52. The van der Waals surface area contributed by atoms with E-state index < -0.39 is 0 Å². The Kier molecular flexibility index (Phi) is 0.571. The standard InChI is InChI=1S/C6H10O/c1-7-6-4-2-5(6)3-4/h4-6H,2-3H2,1H3. The van der Waals surface area contributed by atoms with Crippen molar-refractivity contribution >= 4 is 0 Å². The van der Waals surface area contributed by atoms with Crippen molar-refractivity contribution in [2.75, 3.05) is 7.11 Å². The lowest BCUT2D eigenvalue weighted by atomic mass is 9.53. The molecule has 2 bridgehead atoms. The second kappa shape index (κ2) is 1.03. The van der Waals surface area contributed by atoms with Crippen molar-refractivity contribution in [2.24, 2.45) is 11.8 Å². The van der Waals surface area contributed by atoms with Crippen LogP contribution in [0, 0.1) is 11.8 Å². The van der Waals surface area contributed by atoms with Gasteiger partial charge in [-0.05, 0) is 24.7 Å². The summed E-state index contributed by atoms with van der Waals surface area (Å²) in [5, 5.41) is 0. The molecule has 7 heavy (non-hydrogen) atoms. The summed E-state index contributed by atoms with van der Waals surface area (Å²) in [5.41, 5.74) is 0. The molecule has 40 valence electrons. The summed E-state index contributed by atoms with van der Waals surface area (Å²) in [6.45, 7) is 0. The monoisotopic (exact) mass is 98.1 g/mol. The highest BCUT2D eigenvalue weighted by atomic mass is 16.5. The Labute approximate surface area is 43.7 Å². The van der Waals surface area contributed by atoms with Gasteiger partial charge in [0.2, 0.25) is 0 Å². The molecule has 0 aromatic carbocycles. The highest BCUT2D eigenvalue weighted by molar-refractivity contribution is 5.02. The summed E-state index contributed by atoms with van der Waals surface area (Å²) in [5.74, 6) is 1.94. The fourth-order valence-electron chi connectivity index (χ4n) is 1.62. The van der Waals surface area contributed by atoms with E-state index >= 15 is 0 Å². The van der Waals surface area contributed by atoms with Gasteiger partial charge < -0.3 is 4.74 Å². The predicted octanol–water partition coefficient (Wildman–Crippen LogP) is 1.04. The van der Waals surface area contributed by atoms with Gasteiger partial charge in [0.1, 0.15) is 0 Å². The Balaban J connectivity index is 1.94. The summed E-state index contributed by atoms with van der Waals surface area (Å²) in [4.78, 5) is 0.